The summed E-state index contributed by atoms with van der Waals surface area (Å²) in [6.45, 7) is 3.54. The van der Waals surface area contributed by atoms with Crippen molar-refractivity contribution >= 4 is 21.6 Å². The Bertz CT molecular complexity index is 879. The number of anilines is 1. The van der Waals surface area contributed by atoms with Crippen molar-refractivity contribution < 1.29 is 22.7 Å². The first-order valence-electron chi connectivity index (χ1n) is 11.2. The molecule has 3 aliphatic heterocycles. The van der Waals surface area contributed by atoms with Crippen molar-refractivity contribution in [1.82, 2.24) is 9.21 Å². The van der Waals surface area contributed by atoms with Crippen LogP contribution >= 0.6 is 0 Å². The van der Waals surface area contributed by atoms with Gasteiger partial charge in [0.25, 0.3) is 0 Å². The molecule has 8 nitrogen and oxygen atoms in total. The fourth-order valence-electron chi connectivity index (χ4n) is 5.00. The van der Waals surface area contributed by atoms with E-state index in [1.54, 1.807) is 31.4 Å². The molecule has 0 unspecified atom stereocenters. The minimum absolute atomic E-state index is 0.0467. The molecule has 0 aromatic heterocycles. The second-order valence-corrected chi connectivity index (χ2v) is 10.7. The Morgan fingerprint density at radius 2 is 2.00 bits per heavy atom. The number of carbonyl (C=O) groups is 1. The van der Waals surface area contributed by atoms with Crippen molar-refractivity contribution in [3.05, 3.63) is 24.3 Å². The number of ether oxygens (including phenoxy) is 2. The van der Waals surface area contributed by atoms with Gasteiger partial charge < -0.3 is 14.8 Å². The van der Waals surface area contributed by atoms with Crippen molar-refractivity contribution in [3.8, 4) is 0 Å². The first-order chi connectivity index (χ1) is 14.9. The second kappa shape index (κ2) is 9.54. The van der Waals surface area contributed by atoms with E-state index >= 15 is 0 Å². The molecule has 172 valence electrons. The maximum atomic E-state index is 12.9. The maximum Gasteiger partial charge on any atom is 0.243 e. The summed E-state index contributed by atoms with van der Waals surface area (Å²) >= 11 is 0. The number of rotatable bonds is 6. The summed E-state index contributed by atoms with van der Waals surface area (Å²) in [4.78, 5) is 15.0. The van der Waals surface area contributed by atoms with Gasteiger partial charge in [-0.15, -0.1) is 0 Å². The highest BCUT2D eigenvalue weighted by molar-refractivity contribution is 7.89. The minimum atomic E-state index is -3.53. The number of amides is 1. The van der Waals surface area contributed by atoms with Gasteiger partial charge in [-0.1, -0.05) is 12.5 Å². The quantitative estimate of drug-likeness (QED) is 0.712. The van der Waals surface area contributed by atoms with Gasteiger partial charge in [0.05, 0.1) is 23.1 Å². The minimum Gasteiger partial charge on any atom is -0.377 e. The lowest BCUT2D eigenvalue weighted by Gasteiger charge is -2.44. The number of methoxy groups -OCH3 is 1. The van der Waals surface area contributed by atoms with Gasteiger partial charge in [-0.05, 0) is 50.3 Å². The largest absolute Gasteiger partial charge is 0.377 e. The lowest BCUT2D eigenvalue weighted by Crippen LogP contribution is -2.57. The molecule has 0 radical (unpaired) electrons. The summed E-state index contributed by atoms with van der Waals surface area (Å²) in [6.07, 6.45) is 5.70. The highest BCUT2D eigenvalue weighted by Crippen LogP contribution is 2.37. The number of nitrogens with one attached hydrogen (secondary N) is 1. The molecule has 3 saturated heterocycles. The summed E-state index contributed by atoms with van der Waals surface area (Å²) < 4.78 is 39.1. The van der Waals surface area contributed by atoms with Crippen molar-refractivity contribution in [3.63, 3.8) is 0 Å². The van der Waals surface area contributed by atoms with Crippen LogP contribution in [0.15, 0.2) is 29.2 Å². The fourth-order valence-corrected chi connectivity index (χ4v) is 6.56. The van der Waals surface area contributed by atoms with E-state index in [2.05, 4.69) is 10.2 Å². The van der Waals surface area contributed by atoms with E-state index in [4.69, 9.17) is 9.47 Å². The topological polar surface area (TPSA) is 88.2 Å². The van der Waals surface area contributed by atoms with E-state index in [9.17, 15) is 13.2 Å². The lowest BCUT2D eigenvalue weighted by atomic mass is 9.86. The summed E-state index contributed by atoms with van der Waals surface area (Å²) in [6, 6.07) is 6.55. The van der Waals surface area contributed by atoms with Crippen LogP contribution in [0.3, 0.4) is 0 Å². The molecule has 1 N–H and O–H groups in total. The highest BCUT2D eigenvalue weighted by Gasteiger charge is 2.46. The second-order valence-electron chi connectivity index (χ2n) is 8.77. The zero-order chi connectivity index (χ0) is 21.9. The number of sulfonamides is 1. The van der Waals surface area contributed by atoms with Crippen LogP contribution in [0.5, 0.6) is 0 Å². The number of benzene rings is 1. The summed E-state index contributed by atoms with van der Waals surface area (Å²) in [5.41, 5.74) is 0.290. The fraction of sp³-hybridized carbons (Fsp3) is 0.682. The van der Waals surface area contributed by atoms with E-state index in [1.165, 1.54) is 4.31 Å². The van der Waals surface area contributed by atoms with Crippen LogP contribution in [0.1, 0.15) is 38.5 Å². The lowest BCUT2D eigenvalue weighted by molar-refractivity contribution is -0.145. The van der Waals surface area contributed by atoms with Gasteiger partial charge in [0.1, 0.15) is 0 Å². The summed E-state index contributed by atoms with van der Waals surface area (Å²) in [5.74, 6) is -0.161. The van der Waals surface area contributed by atoms with E-state index in [0.29, 0.717) is 25.3 Å². The molecule has 3 aliphatic rings. The average Bonchev–Trinajstić information content (AvgIpc) is 3.25. The number of piperidine rings is 2. The van der Waals surface area contributed by atoms with Crippen LogP contribution in [-0.2, 0) is 24.3 Å². The predicted molar refractivity (Wildman–Crippen MR) is 117 cm³/mol. The van der Waals surface area contributed by atoms with E-state index in [0.717, 1.165) is 51.7 Å². The first kappa shape index (κ1) is 22.7. The van der Waals surface area contributed by atoms with Crippen LogP contribution < -0.4 is 5.32 Å². The van der Waals surface area contributed by atoms with Crippen molar-refractivity contribution in [2.24, 2.45) is 0 Å². The van der Waals surface area contributed by atoms with Crippen molar-refractivity contribution in [2.45, 2.75) is 55.1 Å². The number of carbonyl (C=O) groups excluding carboxylic acids is 1. The highest BCUT2D eigenvalue weighted by atomic mass is 32.2. The average molecular weight is 452 g/mol. The monoisotopic (exact) mass is 451 g/mol. The molecule has 4 rings (SSSR count). The van der Waals surface area contributed by atoms with Gasteiger partial charge >= 0.3 is 0 Å². The molecule has 1 aromatic carbocycles. The van der Waals surface area contributed by atoms with Crippen molar-refractivity contribution in [1.29, 1.82) is 0 Å². The molecule has 9 heteroatoms. The molecule has 3 fully saturated rings. The SMILES string of the molecule is CO[C@@H]1CN(CC(=O)Nc2cccc(S(=O)(=O)N3CCCCC3)c2)CC[C@]12CCCO2. The molecule has 0 aliphatic carbocycles. The molecule has 1 spiro atoms. The molecular formula is C22H33N3O5S. The Labute approximate surface area is 184 Å². The zero-order valence-corrected chi connectivity index (χ0v) is 19.0. The molecule has 1 aromatic rings. The molecule has 1 amide bonds. The van der Waals surface area contributed by atoms with Crippen LogP contribution in [-0.4, -0.2) is 81.7 Å². The van der Waals surface area contributed by atoms with E-state index in [1.807, 2.05) is 0 Å². The first-order valence-corrected chi connectivity index (χ1v) is 12.7. The van der Waals surface area contributed by atoms with E-state index in [-0.39, 0.29) is 29.1 Å². The van der Waals surface area contributed by atoms with Gasteiger partial charge in [0.15, 0.2) is 0 Å². The molecule has 0 bridgehead atoms. The summed E-state index contributed by atoms with van der Waals surface area (Å²) in [7, 11) is -1.83. The number of likely N-dealkylation sites (tertiary alicyclic amines) is 1. The normalized spacial score (nSPS) is 28.1. The third-order valence-electron chi connectivity index (χ3n) is 6.72. The third kappa shape index (κ3) is 4.96. The van der Waals surface area contributed by atoms with Crippen LogP contribution in [0.2, 0.25) is 0 Å². The Kier molecular flexibility index (Phi) is 6.98. The Morgan fingerprint density at radius 3 is 2.71 bits per heavy atom. The molecule has 2 atom stereocenters. The predicted octanol–water partition coefficient (Wildman–Crippen LogP) is 2.07. The summed E-state index contributed by atoms with van der Waals surface area (Å²) in [5, 5.41) is 2.86. The number of hydrogen-bond acceptors (Lipinski definition) is 6. The Morgan fingerprint density at radius 1 is 1.19 bits per heavy atom. The van der Waals surface area contributed by atoms with E-state index < -0.39 is 10.0 Å². The van der Waals surface area contributed by atoms with Gasteiger partial charge in [-0.3, -0.25) is 9.69 Å². The van der Waals surface area contributed by atoms with Gasteiger partial charge in [0, 0.05) is 45.6 Å². The van der Waals surface area contributed by atoms with Gasteiger partial charge in [-0.2, -0.15) is 4.31 Å². The van der Waals surface area contributed by atoms with Crippen LogP contribution in [0, 0.1) is 0 Å². The van der Waals surface area contributed by atoms with Gasteiger partial charge in [-0.25, -0.2) is 8.42 Å². The third-order valence-corrected chi connectivity index (χ3v) is 8.61. The maximum absolute atomic E-state index is 12.9. The molecule has 31 heavy (non-hydrogen) atoms. The standard InChI is InChI=1S/C22H33N3O5S/c1-29-20-16-24(13-10-22(20)9-6-14-30-22)17-21(26)23-18-7-5-8-19(15-18)31(27,28)25-11-3-2-4-12-25/h5,7-8,15,20H,2-4,6,9-14,16-17H2,1H3,(H,23,26)/t20-,22-/m1/s1. The smallest absolute Gasteiger partial charge is 0.243 e. The van der Waals surface area contributed by atoms with Crippen LogP contribution in [0.25, 0.3) is 0 Å². The number of hydrogen-bond donors (Lipinski definition) is 1. The van der Waals surface area contributed by atoms with Gasteiger partial charge in [0.2, 0.25) is 15.9 Å². The van der Waals surface area contributed by atoms with Crippen molar-refractivity contribution in [2.75, 3.05) is 51.8 Å². The Hall–Kier alpha value is -1.52. The zero-order valence-electron chi connectivity index (χ0n) is 18.2. The van der Waals surface area contributed by atoms with Crippen LogP contribution in [0.4, 0.5) is 5.69 Å². The molecule has 0 saturated carbocycles. The Balaban J connectivity index is 1.36. The number of nitrogens with zero attached hydrogens (tertiary/aromatic N) is 2. The molecule has 3 heterocycles. The molecular weight excluding hydrogens is 418 g/mol.